The summed E-state index contributed by atoms with van der Waals surface area (Å²) in [5.41, 5.74) is 3.49. The highest BCUT2D eigenvalue weighted by Gasteiger charge is 2.26. The summed E-state index contributed by atoms with van der Waals surface area (Å²) in [6.07, 6.45) is 0.509. The highest BCUT2D eigenvalue weighted by atomic mass is 79.9. The van der Waals surface area contributed by atoms with Gasteiger partial charge in [-0.25, -0.2) is 0 Å². The summed E-state index contributed by atoms with van der Waals surface area (Å²) in [5, 5.41) is 14.0. The normalized spacial score (nSPS) is 19.8. The molecule has 0 aliphatic carbocycles. The number of fused-ring (bicyclic) bond motifs is 1. The number of hydrogen-bond donors (Lipinski definition) is 2. The minimum atomic E-state index is -0.519. The van der Waals surface area contributed by atoms with Crippen molar-refractivity contribution in [3.05, 3.63) is 69.7 Å². The second-order valence-corrected chi connectivity index (χ2v) is 5.79. The van der Waals surface area contributed by atoms with Crippen molar-refractivity contribution in [3.63, 3.8) is 0 Å². The topological polar surface area (TPSA) is 32.3 Å². The molecule has 0 radical (unpaired) electrons. The van der Waals surface area contributed by atoms with Crippen LogP contribution in [0.15, 0.2) is 53.0 Å². The molecule has 0 amide bonds. The van der Waals surface area contributed by atoms with E-state index >= 15 is 0 Å². The molecule has 1 heterocycles. The van der Waals surface area contributed by atoms with Gasteiger partial charge >= 0.3 is 0 Å². The summed E-state index contributed by atoms with van der Waals surface area (Å²) < 4.78 is 1.03. The molecule has 1 aliphatic heterocycles. The summed E-state index contributed by atoms with van der Waals surface area (Å²) in [6, 6.07) is 16.2. The van der Waals surface area contributed by atoms with Gasteiger partial charge < -0.3 is 10.4 Å². The van der Waals surface area contributed by atoms with E-state index in [-0.39, 0.29) is 6.04 Å². The van der Waals surface area contributed by atoms with Crippen LogP contribution >= 0.6 is 15.9 Å². The number of aliphatic hydroxyl groups excluding tert-OH is 1. The molecule has 2 unspecified atom stereocenters. The van der Waals surface area contributed by atoms with Gasteiger partial charge in [0.05, 0.1) is 12.1 Å². The fourth-order valence-electron chi connectivity index (χ4n) is 2.67. The second kappa shape index (κ2) is 5.45. The molecule has 0 bridgehead atoms. The van der Waals surface area contributed by atoms with Crippen molar-refractivity contribution in [2.24, 2.45) is 0 Å². The van der Waals surface area contributed by atoms with E-state index in [9.17, 15) is 5.11 Å². The molecule has 19 heavy (non-hydrogen) atoms. The molecule has 3 heteroatoms. The molecule has 0 spiro atoms. The monoisotopic (exact) mass is 317 g/mol. The number of aliphatic hydroxyl groups is 1. The summed E-state index contributed by atoms with van der Waals surface area (Å²) in [5.74, 6) is 0. The summed E-state index contributed by atoms with van der Waals surface area (Å²) >= 11 is 3.42. The van der Waals surface area contributed by atoms with Crippen molar-refractivity contribution in [3.8, 4) is 0 Å². The van der Waals surface area contributed by atoms with Gasteiger partial charge in [-0.1, -0.05) is 52.3 Å². The standard InChI is InChI=1S/C16H16BrNO/c17-13-7-5-12(6-8-13)16(19)15-14-4-2-1-3-11(14)9-10-18-15/h1-8,15-16,18-19H,9-10H2. The van der Waals surface area contributed by atoms with Gasteiger partial charge in [-0.15, -0.1) is 0 Å². The van der Waals surface area contributed by atoms with Crippen molar-refractivity contribution >= 4 is 15.9 Å². The average molecular weight is 318 g/mol. The minimum absolute atomic E-state index is 0.0221. The van der Waals surface area contributed by atoms with E-state index < -0.39 is 6.10 Å². The fraction of sp³-hybridized carbons (Fsp3) is 0.250. The molecular weight excluding hydrogens is 302 g/mol. The third-order valence-corrected chi connectivity index (χ3v) is 4.20. The molecular formula is C16H16BrNO. The molecule has 0 aromatic heterocycles. The SMILES string of the molecule is OC(c1ccc(Br)cc1)C1NCCc2ccccc21. The Bertz CT molecular complexity index is 567. The fourth-order valence-corrected chi connectivity index (χ4v) is 2.94. The summed E-state index contributed by atoms with van der Waals surface area (Å²) in [4.78, 5) is 0. The number of nitrogens with one attached hydrogen (secondary N) is 1. The lowest BCUT2D eigenvalue weighted by molar-refractivity contribution is 0.125. The van der Waals surface area contributed by atoms with Crippen LogP contribution in [0, 0.1) is 0 Å². The lowest BCUT2D eigenvalue weighted by Crippen LogP contribution is -2.33. The number of benzene rings is 2. The highest BCUT2D eigenvalue weighted by molar-refractivity contribution is 9.10. The molecule has 2 N–H and O–H groups in total. The van der Waals surface area contributed by atoms with Gasteiger partial charge in [-0.05, 0) is 41.8 Å². The summed E-state index contributed by atoms with van der Waals surface area (Å²) in [6.45, 7) is 0.912. The van der Waals surface area contributed by atoms with E-state index in [1.807, 2.05) is 30.3 Å². The molecule has 2 aromatic carbocycles. The maximum Gasteiger partial charge on any atom is 0.0984 e. The zero-order valence-electron chi connectivity index (χ0n) is 10.5. The quantitative estimate of drug-likeness (QED) is 0.890. The predicted octanol–water partition coefficient (Wildman–Crippen LogP) is 3.37. The van der Waals surface area contributed by atoms with Gasteiger partial charge in [-0.2, -0.15) is 0 Å². The Hall–Kier alpha value is -1.16. The van der Waals surface area contributed by atoms with Crippen molar-refractivity contribution < 1.29 is 5.11 Å². The molecule has 1 aliphatic rings. The van der Waals surface area contributed by atoms with Crippen LogP contribution in [0.2, 0.25) is 0 Å². The first-order valence-corrected chi connectivity index (χ1v) is 7.30. The van der Waals surface area contributed by atoms with Crippen LogP contribution in [0.1, 0.15) is 28.8 Å². The Morgan fingerprint density at radius 2 is 1.84 bits per heavy atom. The third-order valence-electron chi connectivity index (χ3n) is 3.68. The van der Waals surface area contributed by atoms with Gasteiger partial charge in [0.15, 0.2) is 0 Å². The zero-order chi connectivity index (χ0) is 13.2. The van der Waals surface area contributed by atoms with Crippen LogP contribution < -0.4 is 5.32 Å². The van der Waals surface area contributed by atoms with Gasteiger partial charge in [0.2, 0.25) is 0 Å². The van der Waals surface area contributed by atoms with E-state index in [0.717, 1.165) is 23.0 Å². The Kier molecular flexibility index (Phi) is 3.69. The van der Waals surface area contributed by atoms with Gasteiger partial charge in [0.25, 0.3) is 0 Å². The van der Waals surface area contributed by atoms with Crippen LogP contribution in [0.25, 0.3) is 0 Å². The molecule has 2 aromatic rings. The summed E-state index contributed by atoms with van der Waals surface area (Å²) in [7, 11) is 0. The van der Waals surface area contributed by atoms with Crippen LogP contribution in [-0.4, -0.2) is 11.7 Å². The lowest BCUT2D eigenvalue weighted by Gasteiger charge is -2.31. The van der Waals surface area contributed by atoms with Crippen molar-refractivity contribution in [1.82, 2.24) is 5.32 Å². The molecule has 0 saturated carbocycles. The third kappa shape index (κ3) is 2.59. The smallest absolute Gasteiger partial charge is 0.0984 e. The van der Waals surface area contributed by atoms with Crippen molar-refractivity contribution in [2.45, 2.75) is 18.6 Å². The van der Waals surface area contributed by atoms with E-state index in [0.29, 0.717) is 0 Å². The van der Waals surface area contributed by atoms with E-state index in [4.69, 9.17) is 0 Å². The minimum Gasteiger partial charge on any atom is -0.386 e. The van der Waals surface area contributed by atoms with Crippen molar-refractivity contribution in [1.29, 1.82) is 0 Å². The Balaban J connectivity index is 1.92. The first-order valence-electron chi connectivity index (χ1n) is 6.50. The molecule has 0 saturated heterocycles. The molecule has 2 atom stereocenters. The zero-order valence-corrected chi connectivity index (χ0v) is 12.1. The number of hydrogen-bond acceptors (Lipinski definition) is 2. The van der Waals surface area contributed by atoms with Gasteiger partial charge in [0, 0.05) is 4.47 Å². The first kappa shape index (κ1) is 12.9. The van der Waals surface area contributed by atoms with Crippen LogP contribution in [0.4, 0.5) is 0 Å². The van der Waals surface area contributed by atoms with E-state index in [1.54, 1.807) is 0 Å². The molecule has 3 rings (SSSR count). The average Bonchev–Trinajstić information content (AvgIpc) is 2.47. The van der Waals surface area contributed by atoms with Gasteiger partial charge in [0.1, 0.15) is 0 Å². The van der Waals surface area contributed by atoms with Crippen LogP contribution in [-0.2, 0) is 6.42 Å². The maximum atomic E-state index is 10.6. The molecule has 2 nitrogen and oxygen atoms in total. The lowest BCUT2D eigenvalue weighted by atomic mass is 9.88. The largest absolute Gasteiger partial charge is 0.386 e. The Morgan fingerprint density at radius 1 is 1.11 bits per heavy atom. The van der Waals surface area contributed by atoms with Gasteiger partial charge in [-0.3, -0.25) is 0 Å². The molecule has 0 fully saturated rings. The maximum absolute atomic E-state index is 10.6. The van der Waals surface area contributed by atoms with E-state index in [1.165, 1.54) is 11.1 Å². The second-order valence-electron chi connectivity index (χ2n) is 4.88. The van der Waals surface area contributed by atoms with Crippen LogP contribution in [0.3, 0.4) is 0 Å². The molecule has 98 valence electrons. The predicted molar refractivity (Wildman–Crippen MR) is 80.0 cm³/mol. The highest BCUT2D eigenvalue weighted by Crippen LogP contribution is 2.33. The van der Waals surface area contributed by atoms with Crippen molar-refractivity contribution in [2.75, 3.05) is 6.54 Å². The number of rotatable bonds is 2. The number of halogens is 1. The Labute approximate surface area is 121 Å². The van der Waals surface area contributed by atoms with E-state index in [2.05, 4.69) is 39.4 Å². The van der Waals surface area contributed by atoms with Crippen LogP contribution in [0.5, 0.6) is 0 Å². The first-order chi connectivity index (χ1) is 9.25. The Morgan fingerprint density at radius 3 is 2.63 bits per heavy atom.